The van der Waals surface area contributed by atoms with Crippen LogP contribution in [0.3, 0.4) is 0 Å². The summed E-state index contributed by atoms with van der Waals surface area (Å²) >= 11 is 0. The predicted octanol–water partition coefficient (Wildman–Crippen LogP) is 1.26. The van der Waals surface area contributed by atoms with Gasteiger partial charge in [0.2, 0.25) is 5.91 Å². The molecule has 0 aromatic rings. The molecule has 5 heteroatoms. The van der Waals surface area contributed by atoms with Gasteiger partial charge in [0.25, 0.3) is 0 Å². The number of morpholine rings is 1. The zero-order valence-corrected chi connectivity index (χ0v) is 13.8. The third-order valence-electron chi connectivity index (χ3n) is 4.82. The number of ether oxygens (including phenoxy) is 1. The van der Waals surface area contributed by atoms with Crippen LogP contribution in [-0.2, 0) is 9.53 Å². The van der Waals surface area contributed by atoms with Crippen molar-refractivity contribution in [1.29, 1.82) is 0 Å². The Bertz CT molecular complexity index is 369. The Morgan fingerprint density at radius 1 is 1.43 bits per heavy atom. The Morgan fingerprint density at radius 3 is 2.71 bits per heavy atom. The second-order valence-electron chi connectivity index (χ2n) is 7.42. The number of nitrogens with one attached hydrogen (secondary N) is 1. The molecule has 0 aromatic carbocycles. The molecule has 2 aliphatic rings. The number of rotatable bonds is 8. The van der Waals surface area contributed by atoms with Gasteiger partial charge in [0.15, 0.2) is 0 Å². The minimum absolute atomic E-state index is 0.123. The van der Waals surface area contributed by atoms with E-state index >= 15 is 0 Å². The number of nitrogens with two attached hydrogens (primary N) is 1. The highest BCUT2D eigenvalue weighted by molar-refractivity contribution is 5.84. The van der Waals surface area contributed by atoms with E-state index in [1.807, 2.05) is 6.92 Å². The lowest BCUT2D eigenvalue weighted by atomic mass is 9.93. The molecule has 0 aromatic heterocycles. The first-order chi connectivity index (χ1) is 9.83. The van der Waals surface area contributed by atoms with Gasteiger partial charge in [0.05, 0.1) is 18.8 Å². The van der Waals surface area contributed by atoms with E-state index in [-0.39, 0.29) is 11.4 Å². The lowest BCUT2D eigenvalue weighted by Crippen LogP contribution is -2.54. The zero-order chi connectivity index (χ0) is 15.5. The van der Waals surface area contributed by atoms with Crippen LogP contribution < -0.4 is 11.1 Å². The normalized spacial score (nSPS) is 25.5. The minimum atomic E-state index is -0.540. The monoisotopic (exact) mass is 297 g/mol. The van der Waals surface area contributed by atoms with Crippen LogP contribution in [0.1, 0.15) is 52.9 Å². The first-order valence-corrected chi connectivity index (χ1v) is 8.24. The van der Waals surface area contributed by atoms with E-state index in [0.717, 1.165) is 45.6 Å². The molecule has 0 radical (unpaired) electrons. The van der Waals surface area contributed by atoms with Gasteiger partial charge in [-0.3, -0.25) is 9.69 Å². The van der Waals surface area contributed by atoms with E-state index in [4.69, 9.17) is 10.5 Å². The molecule has 0 spiro atoms. The second kappa shape index (κ2) is 6.63. The van der Waals surface area contributed by atoms with Gasteiger partial charge >= 0.3 is 0 Å². The number of unbranched alkanes of at least 4 members (excludes halogenated alkanes) is 1. The molecule has 1 saturated heterocycles. The molecule has 1 heterocycles. The zero-order valence-electron chi connectivity index (χ0n) is 13.8. The summed E-state index contributed by atoms with van der Waals surface area (Å²) in [7, 11) is 0. The van der Waals surface area contributed by atoms with Crippen molar-refractivity contribution in [1.82, 2.24) is 10.2 Å². The number of amides is 1. The van der Waals surface area contributed by atoms with Crippen molar-refractivity contribution in [3.8, 4) is 0 Å². The maximum absolute atomic E-state index is 11.7. The van der Waals surface area contributed by atoms with Crippen molar-refractivity contribution in [2.75, 3.05) is 26.3 Å². The third-order valence-corrected chi connectivity index (χ3v) is 4.82. The van der Waals surface area contributed by atoms with Gasteiger partial charge in [0.1, 0.15) is 0 Å². The predicted molar refractivity (Wildman–Crippen MR) is 84.1 cm³/mol. The minimum Gasteiger partial charge on any atom is -0.378 e. The van der Waals surface area contributed by atoms with E-state index in [9.17, 15) is 4.79 Å². The van der Waals surface area contributed by atoms with Crippen LogP contribution in [0.25, 0.3) is 0 Å². The Hall–Kier alpha value is -0.650. The molecule has 1 amide bonds. The smallest absolute Gasteiger partial charge is 0.237 e. The number of carbonyl (C=O) groups is 1. The molecule has 122 valence electrons. The molecular formula is C16H31N3O2. The number of primary amides is 1. The average molecular weight is 297 g/mol. The second-order valence-corrected chi connectivity index (χ2v) is 7.42. The first kappa shape index (κ1) is 16.7. The van der Waals surface area contributed by atoms with E-state index in [1.165, 1.54) is 12.8 Å². The molecule has 2 rings (SSSR count). The van der Waals surface area contributed by atoms with Gasteiger partial charge < -0.3 is 15.8 Å². The fourth-order valence-electron chi connectivity index (χ4n) is 3.03. The van der Waals surface area contributed by atoms with Gasteiger partial charge in [-0.05, 0) is 59.4 Å². The number of hydrogen-bond acceptors (Lipinski definition) is 4. The van der Waals surface area contributed by atoms with Crippen molar-refractivity contribution in [2.45, 2.75) is 70.0 Å². The van der Waals surface area contributed by atoms with Crippen molar-refractivity contribution in [2.24, 2.45) is 5.73 Å². The summed E-state index contributed by atoms with van der Waals surface area (Å²) in [6, 6.07) is 0.501. The van der Waals surface area contributed by atoms with E-state index < -0.39 is 5.54 Å². The Morgan fingerprint density at radius 2 is 2.14 bits per heavy atom. The van der Waals surface area contributed by atoms with Crippen LogP contribution in [-0.4, -0.2) is 54.2 Å². The molecule has 2 fully saturated rings. The van der Waals surface area contributed by atoms with Crippen LogP contribution in [0.4, 0.5) is 0 Å². The van der Waals surface area contributed by atoms with Gasteiger partial charge in [-0.2, -0.15) is 0 Å². The molecule has 1 saturated carbocycles. The van der Waals surface area contributed by atoms with Crippen molar-refractivity contribution < 1.29 is 9.53 Å². The average Bonchev–Trinajstić information content (AvgIpc) is 3.19. The molecule has 1 aliphatic carbocycles. The molecule has 3 N–H and O–H groups in total. The van der Waals surface area contributed by atoms with Crippen LogP contribution in [0, 0.1) is 0 Å². The van der Waals surface area contributed by atoms with Gasteiger partial charge in [0, 0.05) is 18.1 Å². The van der Waals surface area contributed by atoms with Gasteiger partial charge in [-0.1, -0.05) is 0 Å². The van der Waals surface area contributed by atoms with Crippen molar-refractivity contribution in [3.63, 3.8) is 0 Å². The lowest BCUT2D eigenvalue weighted by molar-refractivity contribution is -0.124. The maximum Gasteiger partial charge on any atom is 0.237 e. The Labute approximate surface area is 128 Å². The molecule has 21 heavy (non-hydrogen) atoms. The van der Waals surface area contributed by atoms with Crippen LogP contribution in [0.5, 0.6) is 0 Å². The summed E-state index contributed by atoms with van der Waals surface area (Å²) in [5, 5.41) is 3.41. The van der Waals surface area contributed by atoms with Crippen LogP contribution >= 0.6 is 0 Å². The van der Waals surface area contributed by atoms with Crippen LogP contribution in [0.2, 0.25) is 0 Å². The Balaban J connectivity index is 1.73. The van der Waals surface area contributed by atoms with E-state index in [1.54, 1.807) is 0 Å². The number of nitrogens with zero attached hydrogens (tertiary/aromatic N) is 1. The van der Waals surface area contributed by atoms with Gasteiger partial charge in [-0.15, -0.1) is 0 Å². The SMILES string of the molecule is CC(CCCCN1CCOCC1(C)C)(NC1CC1)C(N)=O. The molecule has 5 nitrogen and oxygen atoms in total. The highest BCUT2D eigenvalue weighted by Gasteiger charge is 2.36. The summed E-state index contributed by atoms with van der Waals surface area (Å²) in [5.74, 6) is -0.221. The van der Waals surface area contributed by atoms with E-state index in [2.05, 4.69) is 24.1 Å². The molecular weight excluding hydrogens is 266 g/mol. The van der Waals surface area contributed by atoms with Crippen LogP contribution in [0.15, 0.2) is 0 Å². The molecule has 0 bridgehead atoms. The fourth-order valence-corrected chi connectivity index (χ4v) is 3.03. The summed E-state index contributed by atoms with van der Waals surface area (Å²) in [6.45, 7) is 10.1. The summed E-state index contributed by atoms with van der Waals surface area (Å²) < 4.78 is 5.54. The number of carbonyl (C=O) groups excluding carboxylic acids is 1. The van der Waals surface area contributed by atoms with Crippen molar-refractivity contribution >= 4 is 5.91 Å². The van der Waals surface area contributed by atoms with Gasteiger partial charge in [-0.25, -0.2) is 0 Å². The summed E-state index contributed by atoms with van der Waals surface area (Å²) in [4.78, 5) is 14.2. The molecule has 1 aliphatic heterocycles. The topological polar surface area (TPSA) is 67.6 Å². The fraction of sp³-hybridized carbons (Fsp3) is 0.938. The molecule has 1 atom stereocenters. The highest BCUT2D eigenvalue weighted by atomic mass is 16.5. The highest BCUT2D eigenvalue weighted by Crippen LogP contribution is 2.25. The lowest BCUT2D eigenvalue weighted by Gasteiger charge is -2.42. The van der Waals surface area contributed by atoms with Crippen molar-refractivity contribution in [3.05, 3.63) is 0 Å². The number of hydrogen-bond donors (Lipinski definition) is 2. The van der Waals surface area contributed by atoms with E-state index in [0.29, 0.717) is 6.04 Å². The maximum atomic E-state index is 11.7. The first-order valence-electron chi connectivity index (χ1n) is 8.24. The third kappa shape index (κ3) is 4.66. The largest absolute Gasteiger partial charge is 0.378 e. The quantitative estimate of drug-likeness (QED) is 0.662. The molecule has 1 unspecified atom stereocenters. The Kier molecular flexibility index (Phi) is 5.28. The standard InChI is InChI=1S/C16H31N3O2/c1-15(2)12-21-11-10-19(15)9-5-4-8-16(3,14(17)20)18-13-6-7-13/h13,18H,4-12H2,1-3H3,(H2,17,20). The summed E-state index contributed by atoms with van der Waals surface area (Å²) in [6.07, 6.45) is 5.28. The summed E-state index contributed by atoms with van der Waals surface area (Å²) in [5.41, 5.74) is 5.17.